The third-order valence-electron chi connectivity index (χ3n) is 6.71. The van der Waals surface area contributed by atoms with Gasteiger partial charge in [0.05, 0.1) is 5.56 Å². The number of aldehydes is 1. The molecule has 4 nitrogen and oxygen atoms in total. The van der Waals surface area contributed by atoms with Crippen molar-refractivity contribution in [3.8, 4) is 11.1 Å². The van der Waals surface area contributed by atoms with Crippen LogP contribution in [0.1, 0.15) is 59.0 Å². The van der Waals surface area contributed by atoms with E-state index in [0.29, 0.717) is 22.7 Å². The topological polar surface area (TPSA) is 49.4 Å². The summed E-state index contributed by atoms with van der Waals surface area (Å²) in [5, 5.41) is 4.94. The predicted molar refractivity (Wildman–Crippen MR) is 168 cm³/mol. The molecular weight excluding hydrogens is 537 g/mol. The summed E-state index contributed by atoms with van der Waals surface area (Å²) < 4.78 is 37.9. The summed E-state index contributed by atoms with van der Waals surface area (Å²) in [6.45, 7) is 10.6. The summed E-state index contributed by atoms with van der Waals surface area (Å²) in [6, 6.07) is 23.9. The van der Waals surface area contributed by atoms with Gasteiger partial charge in [-0.3, -0.25) is 9.59 Å². The number of alkyl halides is 3. The van der Waals surface area contributed by atoms with Crippen LogP contribution < -0.4 is 5.32 Å². The fourth-order valence-corrected chi connectivity index (χ4v) is 4.17. The molecule has 222 valence electrons. The van der Waals surface area contributed by atoms with Crippen LogP contribution in [0, 0.1) is 0 Å². The Kier molecular flexibility index (Phi) is 13.2. The molecule has 4 rings (SSSR count). The summed E-state index contributed by atoms with van der Waals surface area (Å²) >= 11 is 0. The molecule has 0 saturated carbocycles. The third-order valence-corrected chi connectivity index (χ3v) is 6.71. The molecule has 0 radical (unpaired) electrons. The summed E-state index contributed by atoms with van der Waals surface area (Å²) in [6.07, 6.45) is -0.910. The van der Waals surface area contributed by atoms with Crippen molar-refractivity contribution in [1.29, 1.82) is 0 Å². The van der Waals surface area contributed by atoms with Crippen molar-refractivity contribution in [2.24, 2.45) is 0 Å². The number of rotatable bonds is 8. The number of benzene rings is 4. The van der Waals surface area contributed by atoms with Gasteiger partial charge in [-0.05, 0) is 72.1 Å². The molecule has 0 spiro atoms. The van der Waals surface area contributed by atoms with E-state index < -0.39 is 11.7 Å². The average Bonchev–Trinajstić information content (AvgIpc) is 3.03. The second-order valence-electron chi connectivity index (χ2n) is 9.48. The molecule has 0 aliphatic carbocycles. The lowest BCUT2D eigenvalue weighted by molar-refractivity contribution is -0.137. The van der Waals surface area contributed by atoms with E-state index in [2.05, 4.69) is 18.8 Å². The van der Waals surface area contributed by atoms with E-state index in [-0.39, 0.29) is 5.91 Å². The molecule has 1 atom stereocenters. The molecule has 0 heterocycles. The Morgan fingerprint density at radius 1 is 0.976 bits per heavy atom. The molecule has 42 heavy (non-hydrogen) atoms. The number of nitrogens with one attached hydrogen (secondary N) is 1. The first kappa shape index (κ1) is 34.0. The van der Waals surface area contributed by atoms with Gasteiger partial charge < -0.3 is 10.2 Å². The Labute approximate surface area is 246 Å². The third kappa shape index (κ3) is 9.14. The Bertz CT molecular complexity index is 1460. The van der Waals surface area contributed by atoms with Crippen molar-refractivity contribution in [2.45, 2.75) is 39.4 Å². The quantitative estimate of drug-likeness (QED) is 0.213. The standard InChI is InChI=1S/C18H11F3O.C15H22N2O.C2H6/c19-18(20,21)15-7-5-13(6-8-15)16-3-1-2-14-10-12(11-22)4-9-17(14)16;1-5-13-8-6-7-9-14(13)15(18)17(4)11-10-12(2)16-3;1-2/h1-11H;5-9,12,16H,1,10-11H2,2-4H3;1-2H3. The number of carbonyl (C=O) groups is 2. The molecule has 4 aromatic rings. The number of carbonyl (C=O) groups excluding carboxylic acids is 2. The molecule has 1 N–H and O–H groups in total. The van der Waals surface area contributed by atoms with Crippen LogP contribution in [0.4, 0.5) is 13.2 Å². The molecule has 4 aromatic carbocycles. The van der Waals surface area contributed by atoms with Gasteiger partial charge in [0.2, 0.25) is 0 Å². The van der Waals surface area contributed by atoms with Gasteiger partial charge in [-0.1, -0.05) is 87.2 Å². The number of amides is 1. The molecular formula is C35H39F3N2O2. The summed E-state index contributed by atoms with van der Waals surface area (Å²) in [5.74, 6) is 0.0498. The van der Waals surface area contributed by atoms with Crippen molar-refractivity contribution in [3.05, 3.63) is 114 Å². The molecule has 0 aliphatic heterocycles. The van der Waals surface area contributed by atoms with Crippen LogP contribution in [0.3, 0.4) is 0 Å². The lowest BCUT2D eigenvalue weighted by Gasteiger charge is -2.20. The van der Waals surface area contributed by atoms with E-state index in [0.717, 1.165) is 53.3 Å². The number of hydrogen-bond acceptors (Lipinski definition) is 3. The molecule has 0 saturated heterocycles. The second-order valence-corrected chi connectivity index (χ2v) is 9.48. The lowest BCUT2D eigenvalue weighted by atomic mass is 9.96. The van der Waals surface area contributed by atoms with Gasteiger partial charge >= 0.3 is 6.18 Å². The van der Waals surface area contributed by atoms with E-state index in [1.807, 2.05) is 76.5 Å². The Morgan fingerprint density at radius 3 is 2.24 bits per heavy atom. The van der Waals surface area contributed by atoms with Crippen LogP contribution in [0.15, 0.2) is 91.5 Å². The fourth-order valence-electron chi connectivity index (χ4n) is 4.17. The Hall–Kier alpha value is -4.23. The van der Waals surface area contributed by atoms with Gasteiger partial charge in [-0.15, -0.1) is 0 Å². The maximum absolute atomic E-state index is 12.6. The zero-order chi connectivity index (χ0) is 31.3. The van der Waals surface area contributed by atoms with Gasteiger partial charge in [0.25, 0.3) is 5.91 Å². The highest BCUT2D eigenvalue weighted by molar-refractivity contribution is 5.99. The fraction of sp³-hybridized carbons (Fsp3) is 0.257. The highest BCUT2D eigenvalue weighted by Crippen LogP contribution is 2.33. The van der Waals surface area contributed by atoms with Crippen LogP contribution in [0.25, 0.3) is 28.0 Å². The van der Waals surface area contributed by atoms with Gasteiger partial charge in [-0.25, -0.2) is 0 Å². The van der Waals surface area contributed by atoms with Crippen LogP contribution in [0.2, 0.25) is 0 Å². The first-order chi connectivity index (χ1) is 20.1. The van der Waals surface area contributed by atoms with E-state index >= 15 is 0 Å². The number of hydrogen-bond donors (Lipinski definition) is 1. The number of nitrogens with zero attached hydrogens (tertiary/aromatic N) is 1. The maximum atomic E-state index is 12.6. The van der Waals surface area contributed by atoms with Crippen LogP contribution in [-0.2, 0) is 6.18 Å². The van der Waals surface area contributed by atoms with Crippen LogP contribution in [0.5, 0.6) is 0 Å². The van der Waals surface area contributed by atoms with Gasteiger partial charge in [0.15, 0.2) is 0 Å². The molecule has 0 aromatic heterocycles. The zero-order valence-corrected chi connectivity index (χ0v) is 24.8. The smallest absolute Gasteiger partial charge is 0.342 e. The van der Waals surface area contributed by atoms with E-state index in [1.54, 1.807) is 23.1 Å². The normalized spacial score (nSPS) is 11.3. The van der Waals surface area contributed by atoms with E-state index in [4.69, 9.17) is 0 Å². The van der Waals surface area contributed by atoms with E-state index in [1.165, 1.54) is 12.1 Å². The molecule has 0 aliphatic rings. The molecule has 0 bridgehead atoms. The van der Waals surface area contributed by atoms with E-state index in [9.17, 15) is 22.8 Å². The monoisotopic (exact) mass is 576 g/mol. The Balaban J connectivity index is 0.000000283. The van der Waals surface area contributed by atoms with Crippen molar-refractivity contribution in [1.82, 2.24) is 10.2 Å². The first-order valence-electron chi connectivity index (χ1n) is 13.9. The highest BCUT2D eigenvalue weighted by atomic mass is 19.4. The van der Waals surface area contributed by atoms with Crippen LogP contribution >= 0.6 is 0 Å². The average molecular weight is 577 g/mol. The summed E-state index contributed by atoms with van der Waals surface area (Å²) in [4.78, 5) is 24.9. The zero-order valence-electron chi connectivity index (χ0n) is 24.8. The van der Waals surface area contributed by atoms with Crippen molar-refractivity contribution in [3.63, 3.8) is 0 Å². The SMILES string of the molecule is C=Cc1ccccc1C(=O)N(C)CCC(C)NC.CC.O=Cc1ccc2c(-c3ccc(C(F)(F)F)cc3)cccc2c1. The van der Waals surface area contributed by atoms with Crippen molar-refractivity contribution >= 4 is 29.0 Å². The van der Waals surface area contributed by atoms with Gasteiger partial charge in [0, 0.05) is 30.8 Å². The Morgan fingerprint density at radius 2 is 1.64 bits per heavy atom. The first-order valence-corrected chi connectivity index (χ1v) is 13.9. The molecule has 0 fully saturated rings. The minimum atomic E-state index is -4.34. The maximum Gasteiger partial charge on any atom is 0.416 e. The summed E-state index contributed by atoms with van der Waals surface area (Å²) in [7, 11) is 3.77. The second kappa shape index (κ2) is 16.3. The lowest BCUT2D eigenvalue weighted by Crippen LogP contribution is -2.32. The number of halogens is 3. The molecule has 1 amide bonds. The predicted octanol–water partition coefficient (Wildman–Crippen LogP) is 8.76. The molecule has 7 heteroatoms. The van der Waals surface area contributed by atoms with Gasteiger partial charge in [0.1, 0.15) is 6.29 Å². The number of fused-ring (bicyclic) bond motifs is 1. The van der Waals surface area contributed by atoms with Gasteiger partial charge in [-0.2, -0.15) is 13.2 Å². The van der Waals surface area contributed by atoms with Crippen molar-refractivity contribution in [2.75, 3.05) is 20.6 Å². The molecule has 1 unspecified atom stereocenters. The summed E-state index contributed by atoms with van der Waals surface area (Å²) in [5.41, 5.74) is 3.04. The van der Waals surface area contributed by atoms with Crippen LogP contribution in [-0.4, -0.2) is 43.8 Å². The minimum absolute atomic E-state index is 0.0498. The minimum Gasteiger partial charge on any atom is -0.342 e. The highest BCUT2D eigenvalue weighted by Gasteiger charge is 2.30. The van der Waals surface area contributed by atoms with Crippen molar-refractivity contribution < 1.29 is 22.8 Å². The largest absolute Gasteiger partial charge is 0.416 e.